The lowest BCUT2D eigenvalue weighted by atomic mass is 9.46. The minimum Gasteiger partial charge on any atom is -0.365 e. The fourth-order valence-electron chi connectivity index (χ4n) is 6.77. The van der Waals surface area contributed by atoms with Gasteiger partial charge in [0.25, 0.3) is 0 Å². The summed E-state index contributed by atoms with van der Waals surface area (Å²) in [7, 11) is 0. The first-order chi connectivity index (χ1) is 10.0. The molecule has 1 spiro atoms. The van der Waals surface area contributed by atoms with Gasteiger partial charge in [0, 0.05) is 10.8 Å². The Morgan fingerprint density at radius 2 is 2.00 bits per heavy atom. The maximum Gasteiger partial charge on any atom is 0.104 e. The molecule has 21 heavy (non-hydrogen) atoms. The van der Waals surface area contributed by atoms with E-state index in [-0.39, 0.29) is 5.60 Å². The third-order valence-corrected chi connectivity index (χ3v) is 9.37. The molecule has 0 aromatic carbocycles. The third-order valence-electron chi connectivity index (χ3n) is 8.14. The molecule has 114 valence electrons. The Labute approximate surface area is 136 Å². The van der Waals surface area contributed by atoms with Crippen molar-refractivity contribution in [1.29, 1.82) is 0 Å². The molecule has 0 unspecified atom stereocenters. The number of halogens is 1. The molecule has 1 heterocycles. The van der Waals surface area contributed by atoms with Crippen molar-refractivity contribution in [2.45, 2.75) is 64.1 Å². The van der Waals surface area contributed by atoms with Gasteiger partial charge in [-0.25, -0.2) is 0 Å². The maximum atomic E-state index is 6.39. The van der Waals surface area contributed by atoms with Gasteiger partial charge in [0.2, 0.25) is 0 Å². The number of allylic oxidation sites excluding steroid dienone is 3. The van der Waals surface area contributed by atoms with Crippen LogP contribution in [-0.4, -0.2) is 11.7 Å². The van der Waals surface area contributed by atoms with Crippen molar-refractivity contribution in [3.8, 4) is 0 Å². The normalized spacial score (nSPS) is 60.4. The third kappa shape index (κ3) is 1.39. The molecule has 2 heteroatoms. The highest BCUT2D eigenvalue weighted by molar-refractivity contribution is 9.11. The molecule has 0 N–H and O–H groups in total. The number of fused-ring (bicyclic) bond motifs is 4. The van der Waals surface area contributed by atoms with Crippen LogP contribution in [0, 0.1) is 28.6 Å². The maximum absolute atomic E-state index is 6.39. The van der Waals surface area contributed by atoms with E-state index in [1.807, 2.05) is 0 Å². The van der Waals surface area contributed by atoms with Crippen molar-refractivity contribution >= 4 is 15.9 Å². The minimum atomic E-state index is 0.222. The van der Waals surface area contributed by atoms with E-state index in [0.717, 1.165) is 17.8 Å². The molecule has 0 bridgehead atoms. The van der Waals surface area contributed by atoms with E-state index in [9.17, 15) is 0 Å². The summed E-state index contributed by atoms with van der Waals surface area (Å²) in [5, 5.41) is 0. The highest BCUT2D eigenvalue weighted by Crippen LogP contribution is 2.72. The lowest BCUT2D eigenvalue weighted by Crippen LogP contribution is -2.56. The Balaban J connectivity index is 1.55. The van der Waals surface area contributed by atoms with Crippen LogP contribution in [0.5, 0.6) is 0 Å². The summed E-state index contributed by atoms with van der Waals surface area (Å²) in [5.41, 5.74) is 1.03. The lowest BCUT2D eigenvalue weighted by Gasteiger charge is -2.57. The molecule has 2 saturated carbocycles. The second-order valence-electron chi connectivity index (χ2n) is 8.65. The molecule has 1 saturated heterocycles. The molecule has 3 fully saturated rings. The molecule has 0 aromatic rings. The summed E-state index contributed by atoms with van der Waals surface area (Å²) in [5.74, 6) is 2.58. The monoisotopic (exact) mass is 348 g/mol. The second kappa shape index (κ2) is 3.87. The summed E-state index contributed by atoms with van der Waals surface area (Å²) < 4.78 is 7.88. The highest BCUT2D eigenvalue weighted by Gasteiger charge is 2.74. The van der Waals surface area contributed by atoms with E-state index in [2.05, 4.69) is 48.0 Å². The van der Waals surface area contributed by atoms with E-state index < -0.39 is 0 Å². The van der Waals surface area contributed by atoms with Crippen LogP contribution in [0.4, 0.5) is 0 Å². The van der Waals surface area contributed by atoms with Crippen molar-refractivity contribution in [3.63, 3.8) is 0 Å². The number of ether oxygens (including phenoxy) is 1. The zero-order valence-corrected chi connectivity index (χ0v) is 14.7. The van der Waals surface area contributed by atoms with Gasteiger partial charge in [-0.1, -0.05) is 48.0 Å². The zero-order valence-electron chi connectivity index (χ0n) is 13.1. The topological polar surface area (TPSA) is 12.5 Å². The van der Waals surface area contributed by atoms with E-state index in [4.69, 9.17) is 4.74 Å². The van der Waals surface area contributed by atoms with Crippen LogP contribution < -0.4 is 0 Å². The molecule has 0 aromatic heterocycles. The fraction of sp³-hybridized carbons (Fsp3) is 0.789. The largest absolute Gasteiger partial charge is 0.365 e. The first-order valence-corrected chi connectivity index (χ1v) is 9.49. The first kappa shape index (κ1) is 13.4. The Hall–Kier alpha value is -0.0800. The first-order valence-electron chi connectivity index (χ1n) is 8.70. The molecule has 5 rings (SSSR count). The average Bonchev–Trinajstić information content (AvgIpc) is 3.08. The molecule has 0 amide bonds. The van der Waals surface area contributed by atoms with Crippen LogP contribution in [-0.2, 0) is 4.74 Å². The number of hydrogen-bond donors (Lipinski definition) is 0. The zero-order chi connectivity index (χ0) is 14.5. The molecule has 1 aliphatic heterocycles. The SMILES string of the molecule is C[C@]12CC[C@H]3[C@@H](C[C@H]4O[C@@]45CC=CC[C@]35C)[C@@H]1CC=C2Br. The summed E-state index contributed by atoms with van der Waals surface area (Å²) in [6, 6.07) is 0. The van der Waals surface area contributed by atoms with Crippen LogP contribution in [0.3, 0.4) is 0 Å². The van der Waals surface area contributed by atoms with Crippen molar-refractivity contribution in [1.82, 2.24) is 0 Å². The molecule has 5 aliphatic rings. The van der Waals surface area contributed by atoms with Gasteiger partial charge in [0.15, 0.2) is 0 Å². The van der Waals surface area contributed by atoms with Gasteiger partial charge < -0.3 is 4.74 Å². The standard InChI is InChI=1S/C19H25BrO/c1-17-10-7-14-12(13(17)5-6-15(17)20)11-16-19(21-16)9-4-3-8-18(14,19)2/h3-4,6,12-14,16H,5,7-11H2,1-2H3/t12-,13-,14-,16+,17-,18+,19-/m0/s1. The Morgan fingerprint density at radius 1 is 1.19 bits per heavy atom. The van der Waals surface area contributed by atoms with Crippen LogP contribution in [0.15, 0.2) is 22.7 Å². The van der Waals surface area contributed by atoms with E-state index in [1.165, 1.54) is 43.0 Å². The van der Waals surface area contributed by atoms with E-state index in [1.54, 1.807) is 0 Å². The molecule has 1 nitrogen and oxygen atoms in total. The van der Waals surface area contributed by atoms with Crippen LogP contribution in [0.2, 0.25) is 0 Å². The Morgan fingerprint density at radius 3 is 2.86 bits per heavy atom. The predicted octanol–water partition coefficient (Wildman–Crippen LogP) is 5.22. The summed E-state index contributed by atoms with van der Waals surface area (Å²) in [6.07, 6.45) is 15.6. The van der Waals surface area contributed by atoms with Crippen LogP contribution >= 0.6 is 15.9 Å². The average molecular weight is 349 g/mol. The molecular weight excluding hydrogens is 324 g/mol. The van der Waals surface area contributed by atoms with Crippen molar-refractivity contribution in [2.75, 3.05) is 0 Å². The molecule has 7 atom stereocenters. The van der Waals surface area contributed by atoms with Crippen molar-refractivity contribution < 1.29 is 4.74 Å². The highest BCUT2D eigenvalue weighted by atomic mass is 79.9. The number of epoxide rings is 1. The number of rotatable bonds is 0. The van der Waals surface area contributed by atoms with Gasteiger partial charge in [-0.3, -0.25) is 0 Å². The Bertz CT molecular complexity index is 566. The predicted molar refractivity (Wildman–Crippen MR) is 88.1 cm³/mol. The van der Waals surface area contributed by atoms with E-state index >= 15 is 0 Å². The summed E-state index contributed by atoms with van der Waals surface area (Å²) in [6.45, 7) is 5.05. The van der Waals surface area contributed by atoms with Gasteiger partial charge in [0.1, 0.15) is 5.60 Å². The van der Waals surface area contributed by atoms with Gasteiger partial charge >= 0.3 is 0 Å². The second-order valence-corrected chi connectivity index (χ2v) is 9.50. The Kier molecular flexibility index (Phi) is 2.46. The molecule has 0 radical (unpaired) electrons. The summed E-state index contributed by atoms with van der Waals surface area (Å²) >= 11 is 3.88. The quantitative estimate of drug-likeness (QED) is 0.432. The van der Waals surface area contributed by atoms with Crippen molar-refractivity contribution in [3.05, 3.63) is 22.7 Å². The van der Waals surface area contributed by atoms with Gasteiger partial charge in [-0.2, -0.15) is 0 Å². The number of hydrogen-bond acceptors (Lipinski definition) is 1. The van der Waals surface area contributed by atoms with Gasteiger partial charge in [0.05, 0.1) is 6.10 Å². The smallest absolute Gasteiger partial charge is 0.104 e. The van der Waals surface area contributed by atoms with Crippen LogP contribution in [0.1, 0.15) is 52.4 Å². The van der Waals surface area contributed by atoms with E-state index in [0.29, 0.717) is 16.9 Å². The minimum absolute atomic E-state index is 0.222. The molecular formula is C19H25BrO. The molecule has 4 aliphatic carbocycles. The van der Waals surface area contributed by atoms with Gasteiger partial charge in [-0.15, -0.1) is 0 Å². The van der Waals surface area contributed by atoms with Crippen LogP contribution in [0.25, 0.3) is 0 Å². The van der Waals surface area contributed by atoms with Crippen molar-refractivity contribution in [2.24, 2.45) is 28.6 Å². The summed E-state index contributed by atoms with van der Waals surface area (Å²) in [4.78, 5) is 0. The van der Waals surface area contributed by atoms with Gasteiger partial charge in [-0.05, 0) is 60.8 Å². The lowest BCUT2D eigenvalue weighted by molar-refractivity contribution is -0.0644. The fourth-order valence-corrected chi connectivity index (χ4v) is 7.45.